The average molecular weight is 162 g/mol. The van der Waals surface area contributed by atoms with Crippen LogP contribution in [-0.2, 0) is 0 Å². The van der Waals surface area contributed by atoms with Crippen LogP contribution >= 0.6 is 0 Å². The summed E-state index contributed by atoms with van der Waals surface area (Å²) < 4.78 is 5.46. The van der Waals surface area contributed by atoms with Gasteiger partial charge in [0.25, 0.3) is 0 Å². The van der Waals surface area contributed by atoms with Crippen molar-refractivity contribution < 1.29 is 4.42 Å². The maximum Gasteiger partial charge on any atom is 0.173 e. The zero-order valence-electron chi connectivity index (χ0n) is 7.09. The normalized spacial score (nSPS) is 10.5. The number of imidazole rings is 1. The highest BCUT2D eigenvalue weighted by molar-refractivity contribution is 5.48. The van der Waals surface area contributed by atoms with Crippen LogP contribution in [0.25, 0.3) is 11.6 Å². The molecule has 2 aromatic rings. The van der Waals surface area contributed by atoms with Gasteiger partial charge in [0.1, 0.15) is 5.76 Å². The molecule has 0 saturated carbocycles. The average Bonchev–Trinajstić information content (AvgIpc) is 2.61. The van der Waals surface area contributed by atoms with Crippen LogP contribution in [0.3, 0.4) is 0 Å². The van der Waals surface area contributed by atoms with Gasteiger partial charge < -0.3 is 9.40 Å². The lowest BCUT2D eigenvalue weighted by atomic mass is 10.3. The first-order valence-electron chi connectivity index (χ1n) is 3.84. The molecule has 0 aliphatic heterocycles. The fraction of sp³-hybridized carbons (Fsp3) is 0.222. The van der Waals surface area contributed by atoms with Gasteiger partial charge in [0.2, 0.25) is 0 Å². The number of H-pyrrole nitrogens is 1. The van der Waals surface area contributed by atoms with E-state index in [-0.39, 0.29) is 0 Å². The van der Waals surface area contributed by atoms with E-state index in [2.05, 4.69) is 9.97 Å². The molecule has 0 unspecified atom stereocenters. The standard InChI is InChI=1S/C9H10N2O/c1-6-5-8(12-7(6)2)9-10-3-4-11-9/h3-5H,1-2H3,(H,10,11). The summed E-state index contributed by atoms with van der Waals surface area (Å²) in [6, 6.07) is 1.98. The third-order valence-corrected chi connectivity index (χ3v) is 1.90. The van der Waals surface area contributed by atoms with E-state index in [1.165, 1.54) is 0 Å². The third-order valence-electron chi connectivity index (χ3n) is 1.90. The lowest BCUT2D eigenvalue weighted by Crippen LogP contribution is -1.73. The first-order chi connectivity index (χ1) is 5.77. The molecule has 0 bridgehead atoms. The van der Waals surface area contributed by atoms with Gasteiger partial charge in [0, 0.05) is 12.4 Å². The molecule has 0 radical (unpaired) electrons. The van der Waals surface area contributed by atoms with Gasteiger partial charge in [-0.1, -0.05) is 0 Å². The van der Waals surface area contributed by atoms with Crippen molar-refractivity contribution in [3.63, 3.8) is 0 Å². The quantitative estimate of drug-likeness (QED) is 0.699. The van der Waals surface area contributed by atoms with Gasteiger partial charge >= 0.3 is 0 Å². The highest BCUT2D eigenvalue weighted by Crippen LogP contribution is 2.21. The van der Waals surface area contributed by atoms with Crippen molar-refractivity contribution in [1.82, 2.24) is 9.97 Å². The van der Waals surface area contributed by atoms with E-state index in [9.17, 15) is 0 Å². The number of rotatable bonds is 1. The summed E-state index contributed by atoms with van der Waals surface area (Å²) in [4.78, 5) is 7.08. The summed E-state index contributed by atoms with van der Waals surface area (Å²) in [6.07, 6.45) is 3.49. The SMILES string of the molecule is Cc1cc(-c2ncc[nH]2)oc1C. The highest BCUT2D eigenvalue weighted by atomic mass is 16.3. The van der Waals surface area contributed by atoms with Gasteiger partial charge in [-0.3, -0.25) is 0 Å². The topological polar surface area (TPSA) is 41.8 Å². The zero-order chi connectivity index (χ0) is 8.55. The van der Waals surface area contributed by atoms with E-state index in [0.717, 1.165) is 22.9 Å². The van der Waals surface area contributed by atoms with Crippen LogP contribution in [0, 0.1) is 13.8 Å². The smallest absolute Gasteiger partial charge is 0.173 e. The van der Waals surface area contributed by atoms with Crippen molar-refractivity contribution in [1.29, 1.82) is 0 Å². The molecule has 2 rings (SSSR count). The van der Waals surface area contributed by atoms with Crippen LogP contribution in [-0.4, -0.2) is 9.97 Å². The minimum Gasteiger partial charge on any atom is -0.458 e. The Bertz CT molecular complexity index is 354. The van der Waals surface area contributed by atoms with E-state index in [1.54, 1.807) is 12.4 Å². The third kappa shape index (κ3) is 1.03. The van der Waals surface area contributed by atoms with E-state index in [0.29, 0.717) is 0 Å². The molecule has 0 fully saturated rings. The summed E-state index contributed by atoms with van der Waals surface area (Å²) >= 11 is 0. The molecule has 2 heterocycles. The molecule has 0 aliphatic rings. The van der Waals surface area contributed by atoms with Crippen molar-refractivity contribution in [3.8, 4) is 11.6 Å². The van der Waals surface area contributed by atoms with Crippen molar-refractivity contribution in [3.05, 3.63) is 29.8 Å². The molecule has 0 atom stereocenters. The molecule has 2 aromatic heterocycles. The number of aryl methyl sites for hydroxylation is 2. The van der Waals surface area contributed by atoms with Crippen molar-refractivity contribution in [2.45, 2.75) is 13.8 Å². The van der Waals surface area contributed by atoms with Crippen LogP contribution in [0.4, 0.5) is 0 Å². The number of hydrogen-bond donors (Lipinski definition) is 1. The minimum atomic E-state index is 0.784. The lowest BCUT2D eigenvalue weighted by Gasteiger charge is -1.87. The van der Waals surface area contributed by atoms with Crippen LogP contribution < -0.4 is 0 Å². The fourth-order valence-corrected chi connectivity index (χ4v) is 1.09. The fourth-order valence-electron chi connectivity index (χ4n) is 1.09. The molecular formula is C9H10N2O. The van der Waals surface area contributed by atoms with Gasteiger partial charge in [-0.25, -0.2) is 4.98 Å². The molecule has 62 valence electrons. The number of hydrogen-bond acceptors (Lipinski definition) is 2. The summed E-state index contributed by atoms with van der Waals surface area (Å²) in [5.41, 5.74) is 1.15. The van der Waals surface area contributed by atoms with Gasteiger partial charge in [-0.05, 0) is 25.5 Å². The molecular weight excluding hydrogens is 152 g/mol. The molecule has 3 nitrogen and oxygen atoms in total. The second-order valence-corrected chi connectivity index (χ2v) is 2.79. The van der Waals surface area contributed by atoms with Crippen molar-refractivity contribution in [2.75, 3.05) is 0 Å². The highest BCUT2D eigenvalue weighted by Gasteiger charge is 2.06. The zero-order valence-corrected chi connectivity index (χ0v) is 7.09. The van der Waals surface area contributed by atoms with Crippen LogP contribution in [0.1, 0.15) is 11.3 Å². The largest absolute Gasteiger partial charge is 0.458 e. The number of nitrogens with zero attached hydrogens (tertiary/aromatic N) is 1. The number of aromatic amines is 1. The van der Waals surface area contributed by atoms with Crippen molar-refractivity contribution in [2.24, 2.45) is 0 Å². The van der Waals surface area contributed by atoms with Gasteiger partial charge in [-0.2, -0.15) is 0 Å². The van der Waals surface area contributed by atoms with Gasteiger partial charge in [-0.15, -0.1) is 0 Å². The number of furan rings is 1. The number of nitrogens with one attached hydrogen (secondary N) is 1. The molecule has 0 aromatic carbocycles. The summed E-state index contributed by atoms with van der Waals surface area (Å²) in [5.74, 6) is 2.53. The Morgan fingerprint density at radius 1 is 1.42 bits per heavy atom. The van der Waals surface area contributed by atoms with E-state index < -0.39 is 0 Å². The monoisotopic (exact) mass is 162 g/mol. The lowest BCUT2D eigenvalue weighted by molar-refractivity contribution is 0.542. The summed E-state index contributed by atoms with van der Waals surface area (Å²) in [7, 11) is 0. The second kappa shape index (κ2) is 2.52. The first-order valence-corrected chi connectivity index (χ1v) is 3.84. The summed E-state index contributed by atoms with van der Waals surface area (Å²) in [5, 5.41) is 0. The first kappa shape index (κ1) is 7.16. The second-order valence-electron chi connectivity index (χ2n) is 2.79. The molecule has 1 N–H and O–H groups in total. The Balaban J connectivity index is 2.48. The number of aromatic nitrogens is 2. The Hall–Kier alpha value is -1.51. The van der Waals surface area contributed by atoms with E-state index in [4.69, 9.17) is 4.42 Å². The molecule has 0 saturated heterocycles. The molecule has 0 aliphatic carbocycles. The maximum atomic E-state index is 5.46. The van der Waals surface area contributed by atoms with Gasteiger partial charge in [0.05, 0.1) is 0 Å². The molecule has 0 amide bonds. The Morgan fingerprint density at radius 3 is 2.75 bits per heavy atom. The molecule has 12 heavy (non-hydrogen) atoms. The summed E-state index contributed by atoms with van der Waals surface area (Å²) in [6.45, 7) is 3.97. The Kier molecular flexibility index (Phi) is 1.50. The van der Waals surface area contributed by atoms with Crippen molar-refractivity contribution >= 4 is 0 Å². The Morgan fingerprint density at radius 2 is 2.25 bits per heavy atom. The Labute approximate surface area is 70.4 Å². The van der Waals surface area contributed by atoms with Crippen LogP contribution in [0.15, 0.2) is 22.9 Å². The predicted octanol–water partition coefficient (Wildman–Crippen LogP) is 2.29. The van der Waals surface area contributed by atoms with Gasteiger partial charge in [0.15, 0.2) is 11.6 Å². The van der Waals surface area contributed by atoms with Crippen LogP contribution in [0.2, 0.25) is 0 Å². The molecule has 3 heteroatoms. The van der Waals surface area contributed by atoms with Crippen LogP contribution in [0.5, 0.6) is 0 Å². The minimum absolute atomic E-state index is 0.784. The van der Waals surface area contributed by atoms with E-state index >= 15 is 0 Å². The maximum absolute atomic E-state index is 5.46. The van der Waals surface area contributed by atoms with E-state index in [1.807, 2.05) is 19.9 Å². The predicted molar refractivity (Wildman–Crippen MR) is 45.8 cm³/mol. The molecule has 0 spiro atoms.